The molecule has 1 aliphatic rings. The Morgan fingerprint density at radius 2 is 1.86 bits per heavy atom. The van der Waals surface area contributed by atoms with E-state index < -0.39 is 36.0 Å². The zero-order valence-corrected chi connectivity index (χ0v) is 16.7. The van der Waals surface area contributed by atoms with Crippen molar-refractivity contribution in [2.24, 2.45) is 11.8 Å². The largest absolute Gasteiger partial charge is 0.480 e. The van der Waals surface area contributed by atoms with Crippen LogP contribution < -0.4 is 10.6 Å². The van der Waals surface area contributed by atoms with Crippen molar-refractivity contribution < 1.29 is 29.0 Å². The molecule has 0 unspecified atom stereocenters. The zero-order valence-electron chi connectivity index (χ0n) is 16.7. The maximum atomic E-state index is 12.7. The molecular weight excluding hydrogens is 376 g/mol. The van der Waals surface area contributed by atoms with Crippen molar-refractivity contribution >= 4 is 23.8 Å². The fraction of sp³-hybridized carbons (Fsp3) is 0.524. The highest BCUT2D eigenvalue weighted by atomic mass is 16.5. The van der Waals surface area contributed by atoms with Crippen molar-refractivity contribution in [3.05, 3.63) is 35.9 Å². The van der Waals surface area contributed by atoms with Crippen LogP contribution in [-0.4, -0.2) is 40.9 Å². The van der Waals surface area contributed by atoms with Crippen molar-refractivity contribution in [1.29, 1.82) is 0 Å². The first-order chi connectivity index (χ1) is 13.8. The van der Waals surface area contributed by atoms with E-state index in [1.165, 1.54) is 0 Å². The third-order valence-corrected chi connectivity index (χ3v) is 4.99. The number of ketones is 1. The summed E-state index contributed by atoms with van der Waals surface area (Å²) in [6.07, 6.45) is 0.987. The highest BCUT2D eigenvalue weighted by Gasteiger charge is 2.35. The van der Waals surface area contributed by atoms with Crippen molar-refractivity contribution in [3.8, 4) is 0 Å². The van der Waals surface area contributed by atoms with Gasteiger partial charge in [-0.1, -0.05) is 44.2 Å². The van der Waals surface area contributed by atoms with Crippen LogP contribution in [0.5, 0.6) is 0 Å². The van der Waals surface area contributed by atoms with Crippen molar-refractivity contribution in [1.82, 2.24) is 10.6 Å². The second kappa shape index (κ2) is 10.6. The monoisotopic (exact) mass is 404 g/mol. The average molecular weight is 404 g/mol. The lowest BCUT2D eigenvalue weighted by Crippen LogP contribution is -2.56. The fourth-order valence-electron chi connectivity index (χ4n) is 3.39. The van der Waals surface area contributed by atoms with Gasteiger partial charge in [-0.15, -0.1) is 0 Å². The quantitative estimate of drug-likeness (QED) is 0.611. The van der Waals surface area contributed by atoms with Crippen molar-refractivity contribution in [2.75, 3.05) is 0 Å². The third-order valence-electron chi connectivity index (χ3n) is 4.99. The van der Waals surface area contributed by atoms with Gasteiger partial charge in [0.15, 0.2) is 0 Å². The van der Waals surface area contributed by atoms with Gasteiger partial charge in [-0.25, -0.2) is 9.59 Å². The maximum Gasteiger partial charge on any atom is 0.408 e. The Hall–Kier alpha value is -2.90. The van der Waals surface area contributed by atoms with Crippen LogP contribution in [0.3, 0.4) is 0 Å². The van der Waals surface area contributed by atoms with E-state index >= 15 is 0 Å². The highest BCUT2D eigenvalue weighted by Crippen LogP contribution is 2.25. The lowest BCUT2D eigenvalue weighted by atomic mass is 9.83. The summed E-state index contributed by atoms with van der Waals surface area (Å²) in [4.78, 5) is 48.2. The van der Waals surface area contributed by atoms with Crippen LogP contribution in [0.2, 0.25) is 0 Å². The Balaban J connectivity index is 1.96. The zero-order chi connectivity index (χ0) is 21.4. The lowest BCUT2D eigenvalue weighted by Gasteiger charge is -2.29. The minimum absolute atomic E-state index is 0.00442. The van der Waals surface area contributed by atoms with Crippen LogP contribution in [0.25, 0.3) is 0 Å². The summed E-state index contributed by atoms with van der Waals surface area (Å²) in [6.45, 7) is 3.53. The molecule has 0 spiro atoms. The van der Waals surface area contributed by atoms with E-state index in [9.17, 15) is 24.3 Å². The number of amides is 2. The first-order valence-electron chi connectivity index (χ1n) is 9.80. The fourth-order valence-corrected chi connectivity index (χ4v) is 3.39. The molecule has 2 amide bonds. The number of carboxylic acids is 1. The summed E-state index contributed by atoms with van der Waals surface area (Å²) in [5, 5.41) is 14.6. The number of ether oxygens (including phenoxy) is 1. The summed E-state index contributed by atoms with van der Waals surface area (Å²) in [6, 6.07) is 6.98. The average Bonchev–Trinajstić information content (AvgIpc) is 2.68. The van der Waals surface area contributed by atoms with Gasteiger partial charge in [0.2, 0.25) is 5.91 Å². The van der Waals surface area contributed by atoms with Crippen LogP contribution >= 0.6 is 0 Å². The number of hydrogen-bond acceptors (Lipinski definition) is 5. The van der Waals surface area contributed by atoms with Gasteiger partial charge in [-0.3, -0.25) is 9.59 Å². The molecule has 0 aliphatic heterocycles. The Labute approximate surface area is 170 Å². The van der Waals surface area contributed by atoms with Gasteiger partial charge in [-0.2, -0.15) is 0 Å². The predicted octanol–water partition coefficient (Wildman–Crippen LogP) is 2.27. The molecule has 0 aromatic heterocycles. The lowest BCUT2D eigenvalue weighted by molar-refractivity contribution is -0.144. The Bertz CT molecular complexity index is 734. The molecule has 1 aromatic carbocycles. The molecule has 8 nitrogen and oxygen atoms in total. The Morgan fingerprint density at radius 3 is 2.45 bits per heavy atom. The summed E-state index contributed by atoms with van der Waals surface area (Å²) in [5.41, 5.74) is 0.807. The van der Waals surface area contributed by atoms with E-state index in [0.717, 1.165) is 5.56 Å². The van der Waals surface area contributed by atoms with Gasteiger partial charge < -0.3 is 20.5 Å². The van der Waals surface area contributed by atoms with Gasteiger partial charge >= 0.3 is 12.1 Å². The van der Waals surface area contributed by atoms with Crippen molar-refractivity contribution in [2.45, 2.75) is 58.2 Å². The van der Waals surface area contributed by atoms with Crippen LogP contribution in [0.4, 0.5) is 4.79 Å². The Kier molecular flexibility index (Phi) is 8.18. The molecule has 0 bridgehead atoms. The molecule has 1 saturated carbocycles. The summed E-state index contributed by atoms with van der Waals surface area (Å²) < 4.78 is 5.15. The van der Waals surface area contributed by atoms with Gasteiger partial charge in [0, 0.05) is 12.8 Å². The molecule has 8 heteroatoms. The molecule has 3 atom stereocenters. The second-order valence-corrected chi connectivity index (χ2v) is 7.65. The number of aliphatic carboxylic acids is 1. The Morgan fingerprint density at radius 1 is 1.17 bits per heavy atom. The van der Waals surface area contributed by atoms with Crippen LogP contribution in [0, 0.1) is 11.8 Å². The molecule has 0 heterocycles. The number of Topliss-reactive ketones (excluding diaryl/α,β-unsaturated/α-hetero) is 1. The molecule has 1 fully saturated rings. The van der Waals surface area contributed by atoms with Gasteiger partial charge in [0.1, 0.15) is 24.5 Å². The highest BCUT2D eigenvalue weighted by molar-refractivity contribution is 5.90. The minimum Gasteiger partial charge on any atom is -0.480 e. The van der Waals surface area contributed by atoms with E-state index in [1.54, 1.807) is 13.8 Å². The predicted molar refractivity (Wildman–Crippen MR) is 105 cm³/mol. The molecule has 2 rings (SSSR count). The van der Waals surface area contributed by atoms with E-state index in [0.29, 0.717) is 19.3 Å². The minimum atomic E-state index is -1.19. The van der Waals surface area contributed by atoms with E-state index in [1.807, 2.05) is 30.3 Å². The topological polar surface area (TPSA) is 122 Å². The van der Waals surface area contributed by atoms with E-state index in [2.05, 4.69) is 10.6 Å². The molecule has 0 saturated heterocycles. The number of rotatable bonds is 8. The first-order valence-corrected chi connectivity index (χ1v) is 9.80. The number of carbonyl (C=O) groups excluding carboxylic acids is 3. The third kappa shape index (κ3) is 6.89. The van der Waals surface area contributed by atoms with E-state index in [4.69, 9.17) is 4.74 Å². The summed E-state index contributed by atoms with van der Waals surface area (Å²) >= 11 is 0. The van der Waals surface area contributed by atoms with Gasteiger partial charge in [0.25, 0.3) is 0 Å². The molecule has 1 aliphatic carbocycles. The molecule has 0 radical (unpaired) electrons. The number of alkyl carbamates (subject to hydrolysis) is 1. The molecule has 3 N–H and O–H groups in total. The van der Waals surface area contributed by atoms with Crippen molar-refractivity contribution in [3.63, 3.8) is 0 Å². The standard InChI is InChI=1S/C21H28N2O6/c1-13(2)17(23-21(28)29-12-14-7-4-3-5-8-14)19(25)22-18(20(26)27)15-9-6-10-16(24)11-15/h3-5,7-8,13,15,17-18H,6,9-12H2,1-2H3,(H,22,25)(H,23,28)(H,26,27)/t15-,17+,18+/m0/s1. The number of carboxylic acid groups (broad SMARTS) is 1. The number of benzene rings is 1. The maximum absolute atomic E-state index is 12.7. The molecule has 1 aromatic rings. The SMILES string of the molecule is CC(C)[C@@H](NC(=O)OCc1ccccc1)C(=O)N[C@@H](C(=O)O)[C@H]1CCCC(=O)C1. The summed E-state index contributed by atoms with van der Waals surface area (Å²) in [5.74, 6) is -2.53. The second-order valence-electron chi connectivity index (χ2n) is 7.65. The van der Waals surface area contributed by atoms with Crippen LogP contribution in [0.1, 0.15) is 45.1 Å². The van der Waals surface area contributed by atoms with Crippen LogP contribution in [-0.2, 0) is 25.7 Å². The normalized spacial score (nSPS) is 18.6. The van der Waals surface area contributed by atoms with Gasteiger partial charge in [0.05, 0.1) is 0 Å². The molecule has 158 valence electrons. The van der Waals surface area contributed by atoms with Gasteiger partial charge in [-0.05, 0) is 30.2 Å². The first kappa shape index (κ1) is 22.4. The molecule has 29 heavy (non-hydrogen) atoms. The van der Waals surface area contributed by atoms with E-state index in [-0.39, 0.29) is 24.7 Å². The number of carbonyl (C=O) groups is 4. The smallest absolute Gasteiger partial charge is 0.408 e. The number of hydrogen-bond donors (Lipinski definition) is 3. The molecular formula is C21H28N2O6. The summed E-state index contributed by atoms with van der Waals surface area (Å²) in [7, 11) is 0. The van der Waals surface area contributed by atoms with Crippen LogP contribution in [0.15, 0.2) is 30.3 Å². The number of nitrogens with one attached hydrogen (secondary N) is 2.